The minimum Gasteiger partial charge on any atom is -0.372 e. The second kappa shape index (κ2) is 7.68. The van der Waals surface area contributed by atoms with Crippen LogP contribution in [0.1, 0.15) is 12.0 Å². The van der Waals surface area contributed by atoms with Gasteiger partial charge in [-0.1, -0.05) is 24.3 Å². The van der Waals surface area contributed by atoms with Gasteiger partial charge in [-0.25, -0.2) is 8.78 Å². The highest BCUT2D eigenvalue weighted by molar-refractivity contribution is 5.85. The van der Waals surface area contributed by atoms with Crippen molar-refractivity contribution in [2.75, 3.05) is 13.1 Å². The average Bonchev–Trinajstić information content (AvgIpc) is 2.99. The number of hydrogen-bond acceptors (Lipinski definition) is 2. The number of nitrogens with one attached hydrogen (secondary N) is 1. The summed E-state index contributed by atoms with van der Waals surface area (Å²) in [6.45, 7) is 2.26. The normalized spacial score (nSPS) is 17.3. The second-order valence-electron chi connectivity index (χ2n) is 5.21. The van der Waals surface area contributed by atoms with Crippen LogP contribution in [0.5, 0.6) is 0 Å². The Labute approximate surface area is 134 Å². The zero-order chi connectivity index (χ0) is 14.7. The first-order valence-corrected chi connectivity index (χ1v) is 7.09. The molecule has 0 bridgehead atoms. The third-order valence-electron chi connectivity index (χ3n) is 3.73. The molecule has 2 aromatic rings. The summed E-state index contributed by atoms with van der Waals surface area (Å²) < 4.78 is 32.9. The lowest BCUT2D eigenvalue weighted by molar-refractivity contribution is 0.0545. The SMILES string of the molecule is Cl.Fc1ccc(-c2ccccc2CO[C@H]2CCNC2)c(F)c1. The van der Waals surface area contributed by atoms with Crippen molar-refractivity contribution in [2.24, 2.45) is 0 Å². The fourth-order valence-electron chi connectivity index (χ4n) is 2.59. The van der Waals surface area contributed by atoms with E-state index in [1.807, 2.05) is 24.3 Å². The van der Waals surface area contributed by atoms with Crippen LogP contribution in [0.2, 0.25) is 0 Å². The van der Waals surface area contributed by atoms with Gasteiger partial charge in [0.1, 0.15) is 11.6 Å². The molecule has 5 heteroatoms. The molecule has 1 atom stereocenters. The van der Waals surface area contributed by atoms with Gasteiger partial charge in [0.15, 0.2) is 0 Å². The third kappa shape index (κ3) is 3.83. The Balaban J connectivity index is 0.00000176. The largest absolute Gasteiger partial charge is 0.372 e. The van der Waals surface area contributed by atoms with Crippen LogP contribution in [-0.4, -0.2) is 19.2 Å². The first kappa shape index (κ1) is 16.9. The number of halogens is 3. The van der Waals surface area contributed by atoms with Gasteiger partial charge in [0, 0.05) is 18.2 Å². The fourth-order valence-corrected chi connectivity index (χ4v) is 2.59. The summed E-state index contributed by atoms with van der Waals surface area (Å²) in [6.07, 6.45) is 1.20. The maximum atomic E-state index is 14.0. The molecule has 0 amide bonds. The topological polar surface area (TPSA) is 21.3 Å². The summed E-state index contributed by atoms with van der Waals surface area (Å²) >= 11 is 0. The average molecular weight is 326 g/mol. The molecule has 0 aromatic heterocycles. The maximum absolute atomic E-state index is 14.0. The Kier molecular flexibility index (Phi) is 5.89. The molecule has 3 rings (SSSR count). The van der Waals surface area contributed by atoms with Gasteiger partial charge in [-0.05, 0) is 36.2 Å². The summed E-state index contributed by atoms with van der Waals surface area (Å²) in [5.74, 6) is -1.12. The Morgan fingerprint density at radius 1 is 1.09 bits per heavy atom. The smallest absolute Gasteiger partial charge is 0.133 e. The molecule has 1 heterocycles. The molecule has 1 aliphatic rings. The standard InChI is InChI=1S/C17H17F2NO.ClH/c18-13-5-6-16(17(19)9-13)15-4-2-1-3-12(15)11-21-14-7-8-20-10-14;/h1-6,9,14,20H,7-8,10-11H2;1H/t14-;/m0./s1. The lowest BCUT2D eigenvalue weighted by Gasteiger charge is -2.14. The second-order valence-corrected chi connectivity index (χ2v) is 5.21. The summed E-state index contributed by atoms with van der Waals surface area (Å²) in [5, 5.41) is 3.24. The van der Waals surface area contributed by atoms with Gasteiger partial charge in [0.25, 0.3) is 0 Å². The van der Waals surface area contributed by atoms with Crippen LogP contribution in [0.15, 0.2) is 42.5 Å². The molecule has 0 aliphatic carbocycles. The van der Waals surface area contributed by atoms with Crippen molar-refractivity contribution >= 4 is 12.4 Å². The lowest BCUT2D eigenvalue weighted by atomic mass is 9.99. The highest BCUT2D eigenvalue weighted by atomic mass is 35.5. The molecule has 1 fully saturated rings. The molecule has 0 saturated carbocycles. The van der Waals surface area contributed by atoms with Crippen molar-refractivity contribution in [3.05, 3.63) is 59.7 Å². The van der Waals surface area contributed by atoms with E-state index in [0.717, 1.165) is 36.7 Å². The minimum absolute atomic E-state index is 0. The number of ether oxygens (including phenoxy) is 1. The number of hydrogen-bond donors (Lipinski definition) is 1. The molecule has 22 heavy (non-hydrogen) atoms. The third-order valence-corrected chi connectivity index (χ3v) is 3.73. The van der Waals surface area contributed by atoms with E-state index in [0.29, 0.717) is 12.2 Å². The Morgan fingerprint density at radius 3 is 2.64 bits per heavy atom. The van der Waals surface area contributed by atoms with Crippen molar-refractivity contribution in [2.45, 2.75) is 19.1 Å². The van der Waals surface area contributed by atoms with Crippen LogP contribution in [-0.2, 0) is 11.3 Å². The summed E-state index contributed by atoms with van der Waals surface area (Å²) in [7, 11) is 0. The van der Waals surface area contributed by atoms with E-state index in [1.165, 1.54) is 12.1 Å². The monoisotopic (exact) mass is 325 g/mol. The van der Waals surface area contributed by atoms with Gasteiger partial charge in [0.2, 0.25) is 0 Å². The van der Waals surface area contributed by atoms with E-state index in [-0.39, 0.29) is 18.5 Å². The molecule has 0 radical (unpaired) electrons. The molecule has 2 nitrogen and oxygen atoms in total. The van der Waals surface area contributed by atoms with E-state index >= 15 is 0 Å². The molecule has 118 valence electrons. The highest BCUT2D eigenvalue weighted by Gasteiger charge is 2.16. The van der Waals surface area contributed by atoms with Gasteiger partial charge in [-0.2, -0.15) is 0 Å². The van der Waals surface area contributed by atoms with Crippen LogP contribution >= 0.6 is 12.4 Å². The predicted molar refractivity (Wildman–Crippen MR) is 85.1 cm³/mol. The van der Waals surface area contributed by atoms with E-state index < -0.39 is 11.6 Å². The van der Waals surface area contributed by atoms with E-state index in [9.17, 15) is 8.78 Å². The van der Waals surface area contributed by atoms with Crippen molar-refractivity contribution in [3.8, 4) is 11.1 Å². The van der Waals surface area contributed by atoms with Gasteiger partial charge >= 0.3 is 0 Å². The van der Waals surface area contributed by atoms with Crippen molar-refractivity contribution < 1.29 is 13.5 Å². The van der Waals surface area contributed by atoms with Crippen molar-refractivity contribution in [1.82, 2.24) is 5.32 Å². The molecule has 1 saturated heterocycles. The van der Waals surface area contributed by atoms with Gasteiger partial charge in [-0.3, -0.25) is 0 Å². The Hall–Kier alpha value is -1.49. The van der Waals surface area contributed by atoms with E-state index in [2.05, 4.69) is 5.32 Å². The first-order valence-electron chi connectivity index (χ1n) is 7.09. The zero-order valence-electron chi connectivity index (χ0n) is 12.0. The van der Waals surface area contributed by atoms with E-state index in [4.69, 9.17) is 4.74 Å². The van der Waals surface area contributed by atoms with Crippen molar-refractivity contribution in [1.29, 1.82) is 0 Å². The number of rotatable bonds is 4. The molecule has 1 N–H and O–H groups in total. The summed E-state index contributed by atoms with van der Waals surface area (Å²) in [6, 6.07) is 11.2. The molecular weight excluding hydrogens is 308 g/mol. The summed E-state index contributed by atoms with van der Waals surface area (Å²) in [4.78, 5) is 0. The molecule has 2 aromatic carbocycles. The quantitative estimate of drug-likeness (QED) is 0.919. The van der Waals surface area contributed by atoms with Crippen LogP contribution in [0.3, 0.4) is 0 Å². The van der Waals surface area contributed by atoms with E-state index in [1.54, 1.807) is 0 Å². The predicted octanol–water partition coefficient (Wildman–Crippen LogP) is 3.93. The molecular formula is C17H18ClF2NO. The number of benzene rings is 2. The molecule has 1 aliphatic heterocycles. The summed E-state index contributed by atoms with van der Waals surface area (Å²) in [5.41, 5.74) is 2.07. The van der Waals surface area contributed by atoms with Crippen LogP contribution < -0.4 is 5.32 Å². The maximum Gasteiger partial charge on any atom is 0.133 e. The minimum atomic E-state index is -0.568. The van der Waals surface area contributed by atoms with Gasteiger partial charge in [-0.15, -0.1) is 12.4 Å². The van der Waals surface area contributed by atoms with Crippen LogP contribution in [0.25, 0.3) is 11.1 Å². The zero-order valence-corrected chi connectivity index (χ0v) is 12.8. The lowest BCUT2D eigenvalue weighted by Crippen LogP contribution is -2.16. The Morgan fingerprint density at radius 2 is 1.91 bits per heavy atom. The highest BCUT2D eigenvalue weighted by Crippen LogP contribution is 2.27. The Bertz CT molecular complexity index is 630. The molecule has 0 spiro atoms. The van der Waals surface area contributed by atoms with Gasteiger partial charge < -0.3 is 10.1 Å². The first-order chi connectivity index (χ1) is 10.2. The fraction of sp³-hybridized carbons (Fsp3) is 0.294. The molecule has 0 unspecified atom stereocenters. The van der Waals surface area contributed by atoms with Gasteiger partial charge in [0.05, 0.1) is 12.7 Å². The van der Waals surface area contributed by atoms with Crippen molar-refractivity contribution in [3.63, 3.8) is 0 Å². The van der Waals surface area contributed by atoms with Crippen LogP contribution in [0.4, 0.5) is 8.78 Å². The van der Waals surface area contributed by atoms with Crippen LogP contribution in [0, 0.1) is 11.6 Å².